The molecule has 1 N–H and O–H groups in total. The van der Waals surface area contributed by atoms with E-state index in [1.165, 1.54) is 0 Å². The molecule has 1 atom stereocenters. The number of hydrogen-bond donors (Lipinski definition) is 1. The molecule has 3 rings (SSSR count). The topological polar surface area (TPSA) is 60.2 Å². The monoisotopic (exact) mass is 373 g/mol. The Morgan fingerprint density at radius 2 is 2.00 bits per heavy atom. The van der Waals surface area contributed by atoms with Gasteiger partial charge in [-0.25, -0.2) is 0 Å². The van der Waals surface area contributed by atoms with Crippen LogP contribution in [0.3, 0.4) is 0 Å². The summed E-state index contributed by atoms with van der Waals surface area (Å²) in [5.41, 5.74) is 1.89. The van der Waals surface area contributed by atoms with Crippen LogP contribution in [0.2, 0.25) is 0 Å². The number of pyridine rings is 1. The van der Waals surface area contributed by atoms with E-state index in [4.69, 9.17) is 9.72 Å². The molecule has 5 nitrogen and oxygen atoms in total. The van der Waals surface area contributed by atoms with E-state index in [1.54, 1.807) is 21.0 Å². The van der Waals surface area contributed by atoms with Crippen molar-refractivity contribution in [2.75, 3.05) is 7.11 Å². The van der Waals surface area contributed by atoms with Gasteiger partial charge in [-0.1, -0.05) is 0 Å². The van der Waals surface area contributed by atoms with Crippen molar-refractivity contribution >= 4 is 43.3 Å². The summed E-state index contributed by atoms with van der Waals surface area (Å²) in [5, 5.41) is 11.4. The Hall–Kier alpha value is -1.42. The Balaban J connectivity index is 2.42. The molecule has 0 saturated carbocycles. The van der Waals surface area contributed by atoms with Crippen molar-refractivity contribution in [2.45, 2.75) is 39.0 Å². The molecule has 120 valence electrons. The van der Waals surface area contributed by atoms with Gasteiger partial charge in [-0.2, -0.15) is 0 Å². The molecule has 2 radical (unpaired) electrons. The van der Waals surface area contributed by atoms with Gasteiger partial charge in [0, 0.05) is 0 Å². The first-order valence-electron chi connectivity index (χ1n) is 7.55. The molecular formula is C17H20AsN3O2. The van der Waals surface area contributed by atoms with Gasteiger partial charge in [-0.15, -0.1) is 0 Å². The number of nitrogens with zero attached hydrogens (tertiary/aromatic N) is 3. The molecule has 0 fully saturated rings. The number of aromatic nitrogens is 3. The summed E-state index contributed by atoms with van der Waals surface area (Å²) >= 11 is 2.49. The van der Waals surface area contributed by atoms with Crippen LogP contribution in [-0.4, -0.2) is 49.2 Å². The molecule has 0 saturated heterocycles. The average molecular weight is 373 g/mol. The SMILES string of the molecule is COC(C)c1nc2c([As])nc3ccccc3c2n1CC(C)(C)O. The Morgan fingerprint density at radius 3 is 2.65 bits per heavy atom. The molecule has 23 heavy (non-hydrogen) atoms. The van der Waals surface area contributed by atoms with Crippen LogP contribution in [0.4, 0.5) is 0 Å². The van der Waals surface area contributed by atoms with Crippen molar-refractivity contribution in [3.8, 4) is 0 Å². The molecule has 0 aliphatic heterocycles. The van der Waals surface area contributed by atoms with E-state index in [1.807, 2.05) is 31.2 Å². The van der Waals surface area contributed by atoms with E-state index in [0.717, 1.165) is 32.2 Å². The number of para-hydroxylation sites is 1. The molecule has 2 aromatic heterocycles. The second kappa shape index (κ2) is 5.90. The third kappa shape index (κ3) is 3.01. The summed E-state index contributed by atoms with van der Waals surface area (Å²) in [6.45, 7) is 5.99. The van der Waals surface area contributed by atoms with Crippen LogP contribution < -0.4 is 4.48 Å². The van der Waals surface area contributed by atoms with E-state index < -0.39 is 5.60 Å². The number of fused-ring (bicyclic) bond motifs is 3. The van der Waals surface area contributed by atoms with Crippen LogP contribution >= 0.6 is 0 Å². The Labute approximate surface area is 144 Å². The van der Waals surface area contributed by atoms with Gasteiger partial charge < -0.3 is 0 Å². The molecule has 3 aromatic rings. The standard InChI is InChI=1S/C17H20AsN3O2/c1-10(23-4)16-20-13-14(21(16)9-17(2,3)22)11-7-5-6-8-12(11)19-15(13)18/h5-8,10,22H,9H2,1-4H3. The third-order valence-corrected chi connectivity index (χ3v) is 4.51. The zero-order chi connectivity index (χ0) is 16.8. The number of aliphatic hydroxyl groups is 1. The average Bonchev–Trinajstić information content (AvgIpc) is 2.85. The van der Waals surface area contributed by atoms with Crippen molar-refractivity contribution in [1.82, 2.24) is 14.5 Å². The van der Waals surface area contributed by atoms with Crippen LogP contribution in [-0.2, 0) is 11.3 Å². The van der Waals surface area contributed by atoms with Crippen molar-refractivity contribution in [2.24, 2.45) is 0 Å². The van der Waals surface area contributed by atoms with Gasteiger partial charge >= 0.3 is 144 Å². The summed E-state index contributed by atoms with van der Waals surface area (Å²) in [7, 11) is 1.66. The third-order valence-electron chi connectivity index (χ3n) is 3.86. The van der Waals surface area contributed by atoms with Gasteiger partial charge in [-0.05, 0) is 0 Å². The van der Waals surface area contributed by atoms with Crippen molar-refractivity contribution in [3.05, 3.63) is 30.1 Å². The van der Waals surface area contributed by atoms with Crippen LogP contribution in [0.25, 0.3) is 21.9 Å². The van der Waals surface area contributed by atoms with Crippen LogP contribution in [0.1, 0.15) is 32.7 Å². The van der Waals surface area contributed by atoms with Crippen LogP contribution in [0, 0.1) is 0 Å². The normalized spacial score (nSPS) is 13.8. The number of imidazole rings is 1. The number of benzene rings is 1. The Kier molecular flexibility index (Phi) is 4.21. The molecule has 0 amide bonds. The fourth-order valence-electron chi connectivity index (χ4n) is 2.80. The molecule has 0 bridgehead atoms. The molecule has 0 spiro atoms. The molecular weight excluding hydrogens is 353 g/mol. The molecule has 6 heteroatoms. The number of methoxy groups -OCH3 is 1. The van der Waals surface area contributed by atoms with Crippen molar-refractivity contribution < 1.29 is 9.84 Å². The number of ether oxygens (including phenoxy) is 1. The van der Waals surface area contributed by atoms with Gasteiger partial charge in [0.1, 0.15) is 0 Å². The summed E-state index contributed by atoms with van der Waals surface area (Å²) < 4.78 is 8.37. The predicted molar refractivity (Wildman–Crippen MR) is 92.1 cm³/mol. The second-order valence-electron chi connectivity index (χ2n) is 6.40. The van der Waals surface area contributed by atoms with Gasteiger partial charge in [-0.3, -0.25) is 0 Å². The second-order valence-corrected chi connectivity index (χ2v) is 7.29. The van der Waals surface area contributed by atoms with E-state index in [9.17, 15) is 5.11 Å². The minimum atomic E-state index is -0.858. The minimum absolute atomic E-state index is 0.171. The van der Waals surface area contributed by atoms with Gasteiger partial charge in [0.15, 0.2) is 0 Å². The first-order valence-corrected chi connectivity index (χ1v) is 8.48. The fourth-order valence-corrected chi connectivity index (χ4v) is 3.35. The quantitative estimate of drug-likeness (QED) is 0.710. The maximum absolute atomic E-state index is 10.4. The van der Waals surface area contributed by atoms with Crippen LogP contribution in [0.5, 0.6) is 0 Å². The summed E-state index contributed by atoms with van der Waals surface area (Å²) in [5.74, 6) is 0.801. The number of hydrogen-bond acceptors (Lipinski definition) is 4. The fraction of sp³-hybridized carbons (Fsp3) is 0.412. The number of rotatable bonds is 4. The Morgan fingerprint density at radius 1 is 1.30 bits per heavy atom. The van der Waals surface area contributed by atoms with E-state index in [2.05, 4.69) is 26.4 Å². The van der Waals surface area contributed by atoms with Crippen molar-refractivity contribution in [1.29, 1.82) is 0 Å². The zero-order valence-electron chi connectivity index (χ0n) is 13.7. The zero-order valence-corrected chi connectivity index (χ0v) is 15.6. The predicted octanol–water partition coefficient (Wildman–Crippen LogP) is 1.86. The summed E-state index contributed by atoms with van der Waals surface area (Å²) in [6, 6.07) is 8.00. The van der Waals surface area contributed by atoms with Gasteiger partial charge in [0.25, 0.3) is 0 Å². The molecule has 1 aromatic carbocycles. The van der Waals surface area contributed by atoms with Crippen LogP contribution in [0.15, 0.2) is 24.3 Å². The first-order chi connectivity index (χ1) is 10.8. The van der Waals surface area contributed by atoms with Gasteiger partial charge in [0.2, 0.25) is 0 Å². The molecule has 1 unspecified atom stereocenters. The van der Waals surface area contributed by atoms with E-state index in [-0.39, 0.29) is 6.10 Å². The van der Waals surface area contributed by atoms with Gasteiger partial charge in [0.05, 0.1) is 0 Å². The Bertz CT molecular complexity index is 868. The van der Waals surface area contributed by atoms with E-state index in [0.29, 0.717) is 6.54 Å². The molecule has 0 aliphatic carbocycles. The first kappa shape index (κ1) is 16.4. The van der Waals surface area contributed by atoms with Crippen molar-refractivity contribution in [3.63, 3.8) is 0 Å². The summed E-state index contributed by atoms with van der Waals surface area (Å²) in [6.07, 6.45) is -0.171. The molecule has 2 heterocycles. The molecule has 0 aliphatic rings. The van der Waals surface area contributed by atoms with E-state index >= 15 is 0 Å². The summed E-state index contributed by atoms with van der Waals surface area (Å²) in [4.78, 5) is 9.40. The maximum atomic E-state index is 10.4.